The standard InChI is InChI=1S/C17H12N2OS/c1-2-15(19-17(20)16-10-21-11-18-16)14-9-5-7-12-6-3-4-8-13(12)14/h1,3-11,15H,(H,19,20). The van der Waals surface area contributed by atoms with E-state index in [-0.39, 0.29) is 5.91 Å². The maximum absolute atomic E-state index is 12.1. The Balaban J connectivity index is 1.96. The lowest BCUT2D eigenvalue weighted by Crippen LogP contribution is -2.28. The third-order valence-corrected chi connectivity index (χ3v) is 3.83. The quantitative estimate of drug-likeness (QED) is 0.752. The first-order chi connectivity index (χ1) is 10.3. The summed E-state index contributed by atoms with van der Waals surface area (Å²) in [5.74, 6) is 2.39. The smallest absolute Gasteiger partial charge is 0.271 e. The molecule has 3 nitrogen and oxygen atoms in total. The molecule has 3 rings (SSSR count). The normalized spacial score (nSPS) is 11.8. The van der Waals surface area contributed by atoms with Gasteiger partial charge >= 0.3 is 0 Å². The Kier molecular flexibility index (Phi) is 3.67. The van der Waals surface area contributed by atoms with Crippen LogP contribution in [0, 0.1) is 12.3 Å². The van der Waals surface area contributed by atoms with Crippen molar-refractivity contribution in [2.45, 2.75) is 6.04 Å². The lowest BCUT2D eigenvalue weighted by molar-refractivity contribution is 0.0941. The number of rotatable bonds is 3. The molecule has 1 atom stereocenters. The molecule has 0 aliphatic heterocycles. The molecule has 3 aromatic rings. The molecule has 0 radical (unpaired) electrons. The Labute approximate surface area is 126 Å². The molecule has 102 valence electrons. The molecule has 21 heavy (non-hydrogen) atoms. The highest BCUT2D eigenvalue weighted by Gasteiger charge is 2.16. The molecule has 0 spiro atoms. The van der Waals surface area contributed by atoms with Crippen molar-refractivity contribution >= 4 is 28.0 Å². The van der Waals surface area contributed by atoms with E-state index >= 15 is 0 Å². The molecular formula is C17H12N2OS. The number of carbonyl (C=O) groups is 1. The van der Waals surface area contributed by atoms with Crippen LogP contribution in [0.5, 0.6) is 0 Å². The third kappa shape index (κ3) is 2.64. The van der Waals surface area contributed by atoms with Gasteiger partial charge in [0.15, 0.2) is 0 Å². The van der Waals surface area contributed by atoms with Gasteiger partial charge in [0, 0.05) is 5.38 Å². The molecule has 1 amide bonds. The first-order valence-corrected chi connectivity index (χ1v) is 7.36. The zero-order valence-corrected chi connectivity index (χ0v) is 11.9. The highest BCUT2D eigenvalue weighted by atomic mass is 32.1. The van der Waals surface area contributed by atoms with Crippen LogP contribution < -0.4 is 5.32 Å². The van der Waals surface area contributed by atoms with E-state index in [1.807, 2.05) is 42.5 Å². The van der Waals surface area contributed by atoms with Crippen LogP contribution in [-0.2, 0) is 0 Å². The maximum atomic E-state index is 12.1. The number of hydrogen-bond donors (Lipinski definition) is 1. The summed E-state index contributed by atoms with van der Waals surface area (Å²) in [6.45, 7) is 0. The molecule has 0 saturated heterocycles. The molecule has 0 aliphatic rings. The van der Waals surface area contributed by atoms with E-state index in [0.717, 1.165) is 16.3 Å². The van der Waals surface area contributed by atoms with Gasteiger partial charge in [0.1, 0.15) is 11.7 Å². The van der Waals surface area contributed by atoms with Crippen molar-refractivity contribution in [3.63, 3.8) is 0 Å². The van der Waals surface area contributed by atoms with Crippen LogP contribution >= 0.6 is 11.3 Å². The zero-order valence-electron chi connectivity index (χ0n) is 11.1. The monoisotopic (exact) mass is 292 g/mol. The Morgan fingerprint density at radius 2 is 2.05 bits per heavy atom. The minimum absolute atomic E-state index is 0.257. The van der Waals surface area contributed by atoms with Crippen molar-refractivity contribution in [2.75, 3.05) is 0 Å². The second-order valence-corrected chi connectivity index (χ2v) is 5.23. The van der Waals surface area contributed by atoms with Crippen molar-refractivity contribution in [3.05, 3.63) is 64.6 Å². The molecule has 4 heteroatoms. The summed E-state index contributed by atoms with van der Waals surface area (Å²) in [6.07, 6.45) is 5.61. The van der Waals surface area contributed by atoms with Crippen LogP contribution in [-0.4, -0.2) is 10.9 Å². The van der Waals surface area contributed by atoms with E-state index in [1.165, 1.54) is 11.3 Å². The number of nitrogens with zero attached hydrogens (tertiary/aromatic N) is 1. The maximum Gasteiger partial charge on any atom is 0.271 e. The minimum atomic E-state index is -0.481. The van der Waals surface area contributed by atoms with Crippen LogP contribution in [0.25, 0.3) is 10.8 Å². The molecule has 1 unspecified atom stereocenters. The van der Waals surface area contributed by atoms with Gasteiger partial charge in [0.05, 0.1) is 5.51 Å². The molecular weight excluding hydrogens is 280 g/mol. The highest BCUT2D eigenvalue weighted by Crippen LogP contribution is 2.24. The van der Waals surface area contributed by atoms with Crippen LogP contribution in [0.4, 0.5) is 0 Å². The summed E-state index contributed by atoms with van der Waals surface area (Å²) in [6, 6.07) is 13.4. The van der Waals surface area contributed by atoms with Crippen molar-refractivity contribution in [3.8, 4) is 12.3 Å². The van der Waals surface area contributed by atoms with Gasteiger partial charge in [-0.1, -0.05) is 48.4 Å². The molecule has 0 aliphatic carbocycles. The summed E-state index contributed by atoms with van der Waals surface area (Å²) in [5.41, 5.74) is 2.93. The Bertz CT molecular complexity index is 813. The number of hydrogen-bond acceptors (Lipinski definition) is 3. The van der Waals surface area contributed by atoms with Gasteiger partial charge in [-0.2, -0.15) is 0 Å². The van der Waals surface area contributed by atoms with Crippen molar-refractivity contribution in [1.82, 2.24) is 10.3 Å². The molecule has 0 bridgehead atoms. The van der Waals surface area contributed by atoms with E-state index in [0.29, 0.717) is 5.69 Å². The number of carbonyl (C=O) groups excluding carboxylic acids is 1. The van der Waals surface area contributed by atoms with E-state index in [4.69, 9.17) is 6.42 Å². The van der Waals surface area contributed by atoms with Crippen molar-refractivity contribution in [1.29, 1.82) is 0 Å². The van der Waals surface area contributed by atoms with Gasteiger partial charge < -0.3 is 5.32 Å². The van der Waals surface area contributed by atoms with Crippen LogP contribution in [0.3, 0.4) is 0 Å². The molecule has 0 saturated carbocycles. The fourth-order valence-corrected chi connectivity index (χ4v) is 2.77. The summed E-state index contributed by atoms with van der Waals surface area (Å²) in [7, 11) is 0. The van der Waals surface area contributed by atoms with Crippen LogP contribution in [0.15, 0.2) is 53.4 Å². The lowest BCUT2D eigenvalue weighted by atomic mass is 9.99. The molecule has 2 aromatic carbocycles. The van der Waals surface area contributed by atoms with Gasteiger partial charge in [-0.05, 0) is 16.3 Å². The van der Waals surface area contributed by atoms with E-state index in [2.05, 4.69) is 16.2 Å². The molecule has 0 fully saturated rings. The lowest BCUT2D eigenvalue weighted by Gasteiger charge is -2.15. The van der Waals surface area contributed by atoms with Crippen molar-refractivity contribution in [2.24, 2.45) is 0 Å². The SMILES string of the molecule is C#CC(NC(=O)c1cscn1)c1cccc2ccccc12. The number of nitrogens with one attached hydrogen (secondary N) is 1. The number of fused-ring (bicyclic) bond motifs is 1. The summed E-state index contributed by atoms with van der Waals surface area (Å²) in [4.78, 5) is 16.1. The van der Waals surface area contributed by atoms with Gasteiger partial charge in [0.25, 0.3) is 5.91 Å². The number of amides is 1. The average molecular weight is 292 g/mol. The average Bonchev–Trinajstić information content (AvgIpc) is 3.06. The highest BCUT2D eigenvalue weighted by molar-refractivity contribution is 7.07. The number of aromatic nitrogens is 1. The predicted molar refractivity (Wildman–Crippen MR) is 85.1 cm³/mol. The Morgan fingerprint density at radius 3 is 2.81 bits per heavy atom. The molecule has 1 heterocycles. The number of benzene rings is 2. The Morgan fingerprint density at radius 1 is 1.24 bits per heavy atom. The Hall–Kier alpha value is -2.64. The van der Waals surface area contributed by atoms with Gasteiger partial charge in [0.2, 0.25) is 0 Å². The summed E-state index contributed by atoms with van der Waals surface area (Å²) in [5, 5.41) is 6.69. The van der Waals surface area contributed by atoms with Crippen LogP contribution in [0.2, 0.25) is 0 Å². The third-order valence-electron chi connectivity index (χ3n) is 3.24. The van der Waals surface area contributed by atoms with E-state index < -0.39 is 6.04 Å². The first kappa shape index (κ1) is 13.3. The van der Waals surface area contributed by atoms with Crippen LogP contribution in [0.1, 0.15) is 22.1 Å². The largest absolute Gasteiger partial charge is 0.333 e. The summed E-state index contributed by atoms with van der Waals surface area (Å²) < 4.78 is 0. The second kappa shape index (κ2) is 5.78. The van der Waals surface area contributed by atoms with E-state index in [9.17, 15) is 4.79 Å². The molecule has 1 aromatic heterocycles. The number of thiazole rings is 1. The minimum Gasteiger partial charge on any atom is -0.333 e. The topological polar surface area (TPSA) is 42.0 Å². The summed E-state index contributed by atoms with van der Waals surface area (Å²) >= 11 is 1.38. The van der Waals surface area contributed by atoms with Crippen molar-refractivity contribution < 1.29 is 4.79 Å². The zero-order chi connectivity index (χ0) is 14.7. The first-order valence-electron chi connectivity index (χ1n) is 6.42. The predicted octanol–water partition coefficient (Wildman–Crippen LogP) is 3.40. The van der Waals surface area contributed by atoms with Gasteiger partial charge in [-0.15, -0.1) is 17.8 Å². The fourth-order valence-electron chi connectivity index (χ4n) is 2.24. The van der Waals surface area contributed by atoms with E-state index in [1.54, 1.807) is 10.9 Å². The van der Waals surface area contributed by atoms with Gasteiger partial charge in [-0.25, -0.2) is 4.98 Å². The van der Waals surface area contributed by atoms with Gasteiger partial charge in [-0.3, -0.25) is 4.79 Å². The fraction of sp³-hybridized carbons (Fsp3) is 0.0588. The number of terminal acetylenes is 1. The molecule has 1 N–H and O–H groups in total. The second-order valence-electron chi connectivity index (χ2n) is 4.52.